The molecule has 0 radical (unpaired) electrons. The first-order chi connectivity index (χ1) is 13.2. The summed E-state index contributed by atoms with van der Waals surface area (Å²) >= 11 is 1.53. The van der Waals surface area contributed by atoms with Crippen molar-refractivity contribution in [1.82, 2.24) is 9.80 Å². The average molecular weight is 387 g/mol. The minimum Gasteiger partial charge on any atom is -0.493 e. The van der Waals surface area contributed by atoms with Crippen LogP contribution in [0.4, 0.5) is 0 Å². The second-order valence-corrected chi connectivity index (χ2v) is 7.50. The second kappa shape index (κ2) is 9.67. The standard InChI is InChI=1S/C21H26N2O3S/c1-25-19-9-8-18(14-20(19)26-2)27-16-21(24)23-12-10-22(11-13-23)15-17-6-4-3-5-7-17/h3-9,14H,10-13,15-16H2,1-2H3. The molecule has 6 heteroatoms. The van der Waals surface area contributed by atoms with E-state index in [9.17, 15) is 4.79 Å². The number of benzene rings is 2. The highest BCUT2D eigenvalue weighted by atomic mass is 32.2. The van der Waals surface area contributed by atoms with Crippen molar-refractivity contribution in [1.29, 1.82) is 0 Å². The molecule has 1 amide bonds. The fraction of sp³-hybridized carbons (Fsp3) is 0.381. The maximum absolute atomic E-state index is 12.5. The maximum atomic E-state index is 12.5. The van der Waals surface area contributed by atoms with Crippen LogP contribution in [-0.4, -0.2) is 61.9 Å². The molecule has 0 spiro atoms. The van der Waals surface area contributed by atoms with E-state index in [0.717, 1.165) is 37.6 Å². The summed E-state index contributed by atoms with van der Waals surface area (Å²) in [5, 5.41) is 0. The van der Waals surface area contributed by atoms with Gasteiger partial charge in [0, 0.05) is 37.6 Å². The van der Waals surface area contributed by atoms with Crippen molar-refractivity contribution in [3.05, 3.63) is 54.1 Å². The van der Waals surface area contributed by atoms with Crippen LogP contribution in [-0.2, 0) is 11.3 Å². The predicted octanol–water partition coefficient (Wildman–Crippen LogP) is 3.14. The quantitative estimate of drug-likeness (QED) is 0.684. The number of methoxy groups -OCH3 is 2. The molecule has 0 aliphatic carbocycles. The highest BCUT2D eigenvalue weighted by Crippen LogP contribution is 2.31. The van der Waals surface area contributed by atoms with Crippen LogP contribution < -0.4 is 9.47 Å². The van der Waals surface area contributed by atoms with Gasteiger partial charge in [0.25, 0.3) is 0 Å². The Bertz CT molecular complexity index is 746. The lowest BCUT2D eigenvalue weighted by molar-refractivity contribution is -0.130. The average Bonchev–Trinajstić information content (AvgIpc) is 2.73. The smallest absolute Gasteiger partial charge is 0.233 e. The van der Waals surface area contributed by atoms with E-state index in [1.165, 1.54) is 17.3 Å². The molecule has 1 aliphatic rings. The fourth-order valence-electron chi connectivity index (χ4n) is 3.14. The van der Waals surface area contributed by atoms with Crippen LogP contribution >= 0.6 is 11.8 Å². The molecule has 0 atom stereocenters. The van der Waals surface area contributed by atoms with Gasteiger partial charge in [-0.25, -0.2) is 0 Å². The van der Waals surface area contributed by atoms with Crippen LogP contribution in [0.15, 0.2) is 53.4 Å². The molecule has 144 valence electrons. The van der Waals surface area contributed by atoms with Crippen LogP contribution in [0.1, 0.15) is 5.56 Å². The van der Waals surface area contributed by atoms with Gasteiger partial charge in [-0.1, -0.05) is 30.3 Å². The van der Waals surface area contributed by atoms with Gasteiger partial charge in [-0.15, -0.1) is 11.8 Å². The number of hydrogen-bond donors (Lipinski definition) is 0. The predicted molar refractivity (Wildman–Crippen MR) is 109 cm³/mol. The van der Waals surface area contributed by atoms with E-state index in [1.54, 1.807) is 14.2 Å². The van der Waals surface area contributed by atoms with Crippen LogP contribution in [0, 0.1) is 0 Å². The molecule has 1 fully saturated rings. The number of nitrogens with zero attached hydrogens (tertiary/aromatic N) is 2. The van der Waals surface area contributed by atoms with E-state index in [4.69, 9.17) is 9.47 Å². The van der Waals surface area contributed by atoms with Crippen molar-refractivity contribution < 1.29 is 14.3 Å². The van der Waals surface area contributed by atoms with Crippen molar-refractivity contribution in [2.75, 3.05) is 46.2 Å². The summed E-state index contributed by atoms with van der Waals surface area (Å²) in [4.78, 5) is 17.9. The van der Waals surface area contributed by atoms with Crippen LogP contribution in [0.25, 0.3) is 0 Å². The third kappa shape index (κ3) is 5.40. The van der Waals surface area contributed by atoms with Gasteiger partial charge in [0.2, 0.25) is 5.91 Å². The molecule has 0 aromatic heterocycles. The molecule has 0 unspecified atom stereocenters. The van der Waals surface area contributed by atoms with E-state index in [0.29, 0.717) is 17.3 Å². The zero-order valence-electron chi connectivity index (χ0n) is 15.9. The minimum absolute atomic E-state index is 0.189. The van der Waals surface area contributed by atoms with Gasteiger partial charge in [0.1, 0.15) is 0 Å². The third-order valence-corrected chi connectivity index (χ3v) is 5.67. The first-order valence-electron chi connectivity index (χ1n) is 9.08. The van der Waals surface area contributed by atoms with E-state index in [1.807, 2.05) is 29.2 Å². The molecule has 0 saturated carbocycles. The number of piperazine rings is 1. The van der Waals surface area contributed by atoms with Gasteiger partial charge in [0.05, 0.1) is 20.0 Å². The largest absolute Gasteiger partial charge is 0.493 e. The van der Waals surface area contributed by atoms with Crippen molar-refractivity contribution in [3.63, 3.8) is 0 Å². The second-order valence-electron chi connectivity index (χ2n) is 6.45. The zero-order chi connectivity index (χ0) is 19.1. The van der Waals surface area contributed by atoms with Crippen LogP contribution in [0.2, 0.25) is 0 Å². The molecule has 0 N–H and O–H groups in total. The normalized spacial score (nSPS) is 14.8. The Kier molecular flexibility index (Phi) is 7.01. The van der Waals surface area contributed by atoms with Gasteiger partial charge in [-0.05, 0) is 23.8 Å². The number of rotatable bonds is 7. The summed E-state index contributed by atoms with van der Waals surface area (Å²) in [6.45, 7) is 4.36. The minimum atomic E-state index is 0.189. The van der Waals surface area contributed by atoms with E-state index in [2.05, 4.69) is 29.2 Å². The van der Waals surface area contributed by atoms with Crippen LogP contribution in [0.3, 0.4) is 0 Å². The summed E-state index contributed by atoms with van der Waals surface area (Å²) < 4.78 is 10.6. The summed E-state index contributed by atoms with van der Waals surface area (Å²) in [5.41, 5.74) is 1.32. The van der Waals surface area contributed by atoms with E-state index in [-0.39, 0.29) is 5.91 Å². The third-order valence-electron chi connectivity index (χ3n) is 4.69. The van der Waals surface area contributed by atoms with Gasteiger partial charge >= 0.3 is 0 Å². The SMILES string of the molecule is COc1ccc(SCC(=O)N2CCN(Cc3ccccc3)CC2)cc1OC. The number of ether oxygens (including phenoxy) is 2. The van der Waals surface area contributed by atoms with Gasteiger partial charge in [-0.2, -0.15) is 0 Å². The molecule has 3 rings (SSSR count). The van der Waals surface area contributed by atoms with Crippen LogP contribution in [0.5, 0.6) is 11.5 Å². The fourth-order valence-corrected chi connectivity index (χ4v) is 3.97. The number of carbonyl (C=O) groups excluding carboxylic acids is 1. The zero-order valence-corrected chi connectivity index (χ0v) is 16.7. The highest BCUT2D eigenvalue weighted by molar-refractivity contribution is 8.00. The number of carbonyl (C=O) groups is 1. The van der Waals surface area contributed by atoms with Crippen molar-refractivity contribution in [2.45, 2.75) is 11.4 Å². The molecular weight excluding hydrogens is 360 g/mol. The Morgan fingerprint density at radius 1 is 0.963 bits per heavy atom. The summed E-state index contributed by atoms with van der Waals surface area (Å²) in [6, 6.07) is 16.2. The summed E-state index contributed by atoms with van der Waals surface area (Å²) in [6.07, 6.45) is 0. The molecule has 1 aliphatic heterocycles. The Hall–Kier alpha value is -2.18. The summed E-state index contributed by atoms with van der Waals surface area (Å²) in [5.74, 6) is 2.01. The van der Waals surface area contributed by atoms with Gasteiger partial charge in [-0.3, -0.25) is 9.69 Å². The molecule has 27 heavy (non-hydrogen) atoms. The molecule has 2 aromatic carbocycles. The Morgan fingerprint density at radius 2 is 1.67 bits per heavy atom. The number of thioether (sulfide) groups is 1. The molecule has 1 heterocycles. The van der Waals surface area contributed by atoms with E-state index >= 15 is 0 Å². The highest BCUT2D eigenvalue weighted by Gasteiger charge is 2.21. The topological polar surface area (TPSA) is 42.0 Å². The first kappa shape index (κ1) is 19.6. The lowest BCUT2D eigenvalue weighted by atomic mass is 10.2. The lowest BCUT2D eigenvalue weighted by Crippen LogP contribution is -2.48. The van der Waals surface area contributed by atoms with Crippen molar-refractivity contribution in [3.8, 4) is 11.5 Å². The van der Waals surface area contributed by atoms with Gasteiger partial charge in [0.15, 0.2) is 11.5 Å². The van der Waals surface area contributed by atoms with Crippen molar-refractivity contribution >= 4 is 17.7 Å². The molecular formula is C21H26N2O3S. The van der Waals surface area contributed by atoms with E-state index < -0.39 is 0 Å². The Morgan fingerprint density at radius 3 is 2.33 bits per heavy atom. The first-order valence-corrected chi connectivity index (χ1v) is 10.1. The van der Waals surface area contributed by atoms with Crippen molar-refractivity contribution in [2.24, 2.45) is 0 Å². The molecule has 5 nitrogen and oxygen atoms in total. The molecule has 1 saturated heterocycles. The number of amides is 1. The van der Waals surface area contributed by atoms with Gasteiger partial charge < -0.3 is 14.4 Å². The Balaban J connectivity index is 1.46. The molecule has 2 aromatic rings. The maximum Gasteiger partial charge on any atom is 0.233 e. The molecule has 0 bridgehead atoms. The summed E-state index contributed by atoms with van der Waals surface area (Å²) in [7, 11) is 3.23. The number of hydrogen-bond acceptors (Lipinski definition) is 5. The Labute approximate surface area is 165 Å². The monoisotopic (exact) mass is 386 g/mol. The lowest BCUT2D eigenvalue weighted by Gasteiger charge is -2.34.